The van der Waals surface area contributed by atoms with Gasteiger partial charge < -0.3 is 5.73 Å². The summed E-state index contributed by atoms with van der Waals surface area (Å²) in [6, 6.07) is 5.91. The Hall–Kier alpha value is -2.93. The summed E-state index contributed by atoms with van der Waals surface area (Å²) in [5, 5.41) is 28.1. The van der Waals surface area contributed by atoms with E-state index in [1.807, 2.05) is 6.07 Å². The second-order valence-electron chi connectivity index (χ2n) is 3.36. The zero-order valence-corrected chi connectivity index (χ0v) is 9.45. The molecule has 0 atom stereocenters. The number of anilines is 1. The molecule has 0 unspecified atom stereocenters. The lowest BCUT2D eigenvalue weighted by atomic mass is 10.1. The van der Waals surface area contributed by atoms with Crippen molar-refractivity contribution in [1.82, 2.24) is 0 Å². The van der Waals surface area contributed by atoms with Gasteiger partial charge in [-0.15, -0.1) is 0 Å². The number of amidine groups is 1. The van der Waals surface area contributed by atoms with Crippen LogP contribution in [0.25, 0.3) is 0 Å². The van der Waals surface area contributed by atoms with E-state index in [1.165, 1.54) is 13.0 Å². The monoisotopic (exact) mass is 244 g/mol. The minimum atomic E-state index is -0.518. The van der Waals surface area contributed by atoms with Crippen molar-refractivity contribution in [3.8, 4) is 12.1 Å². The average molecular weight is 244 g/mol. The van der Waals surface area contributed by atoms with Crippen molar-refractivity contribution in [2.75, 3.05) is 5.43 Å². The van der Waals surface area contributed by atoms with Crippen molar-refractivity contribution in [1.29, 1.82) is 15.9 Å². The second kappa shape index (κ2) is 5.41. The van der Waals surface area contributed by atoms with E-state index in [4.69, 9.17) is 21.7 Å². The quantitative estimate of drug-likeness (QED) is 0.420. The molecule has 4 N–H and O–H groups in total. The summed E-state index contributed by atoms with van der Waals surface area (Å²) in [4.78, 5) is 0. The van der Waals surface area contributed by atoms with Crippen LogP contribution < -0.4 is 11.2 Å². The normalized spacial score (nSPS) is 10.3. The van der Waals surface area contributed by atoms with Gasteiger partial charge in [-0.05, 0) is 18.6 Å². The van der Waals surface area contributed by atoms with Gasteiger partial charge in [0.2, 0.25) is 5.71 Å². The summed E-state index contributed by atoms with van der Waals surface area (Å²) in [7, 11) is 0. The SMILES string of the molecule is Cc1cc(C#N)c(N/N=C(\C#N)C(=N)N)cc1F. The van der Waals surface area contributed by atoms with E-state index >= 15 is 0 Å². The van der Waals surface area contributed by atoms with Crippen LogP contribution in [-0.2, 0) is 0 Å². The van der Waals surface area contributed by atoms with Crippen LogP contribution in [0.3, 0.4) is 0 Å². The van der Waals surface area contributed by atoms with Crippen molar-refractivity contribution < 1.29 is 4.39 Å². The average Bonchev–Trinajstić information content (AvgIpc) is 2.33. The van der Waals surface area contributed by atoms with E-state index in [1.54, 1.807) is 6.07 Å². The highest BCUT2D eigenvalue weighted by Gasteiger charge is 2.07. The van der Waals surface area contributed by atoms with Crippen LogP contribution >= 0.6 is 0 Å². The van der Waals surface area contributed by atoms with Gasteiger partial charge in [-0.3, -0.25) is 10.8 Å². The molecule has 0 aromatic heterocycles. The molecule has 0 heterocycles. The fourth-order valence-corrected chi connectivity index (χ4v) is 1.13. The summed E-state index contributed by atoms with van der Waals surface area (Å²) in [5.74, 6) is -1.02. The van der Waals surface area contributed by atoms with Crippen LogP contribution in [0.5, 0.6) is 0 Å². The lowest BCUT2D eigenvalue weighted by molar-refractivity contribution is 0.619. The summed E-state index contributed by atoms with van der Waals surface area (Å²) in [6.45, 7) is 1.53. The molecule has 0 fully saturated rings. The number of nitrogens with one attached hydrogen (secondary N) is 2. The van der Waals surface area contributed by atoms with Gasteiger partial charge in [0.05, 0.1) is 11.3 Å². The number of rotatable bonds is 3. The lowest BCUT2D eigenvalue weighted by Crippen LogP contribution is -2.22. The first-order valence-electron chi connectivity index (χ1n) is 4.78. The van der Waals surface area contributed by atoms with Gasteiger partial charge in [0.25, 0.3) is 0 Å². The fourth-order valence-electron chi connectivity index (χ4n) is 1.13. The van der Waals surface area contributed by atoms with Gasteiger partial charge in [0.1, 0.15) is 18.0 Å². The predicted molar refractivity (Wildman–Crippen MR) is 64.4 cm³/mol. The Bertz CT molecular complexity index is 605. The molecule has 1 aromatic carbocycles. The lowest BCUT2D eigenvalue weighted by Gasteiger charge is -2.05. The van der Waals surface area contributed by atoms with Gasteiger partial charge >= 0.3 is 0 Å². The van der Waals surface area contributed by atoms with Crippen molar-refractivity contribution in [3.05, 3.63) is 29.1 Å². The Balaban J connectivity index is 3.14. The molecule has 90 valence electrons. The second-order valence-corrected chi connectivity index (χ2v) is 3.36. The van der Waals surface area contributed by atoms with E-state index in [9.17, 15) is 4.39 Å². The molecule has 0 spiro atoms. The number of halogens is 1. The van der Waals surface area contributed by atoms with Gasteiger partial charge in [-0.25, -0.2) is 4.39 Å². The van der Waals surface area contributed by atoms with Gasteiger partial charge in [-0.2, -0.15) is 15.6 Å². The molecule has 0 aliphatic heterocycles. The number of aryl methyl sites for hydroxylation is 1. The fraction of sp³-hybridized carbons (Fsp3) is 0.0909. The molecule has 0 aliphatic rings. The van der Waals surface area contributed by atoms with Crippen molar-refractivity contribution >= 4 is 17.2 Å². The maximum absolute atomic E-state index is 13.3. The van der Waals surface area contributed by atoms with Crippen LogP contribution in [0.4, 0.5) is 10.1 Å². The molecule has 18 heavy (non-hydrogen) atoms. The molecule has 0 aliphatic carbocycles. The van der Waals surface area contributed by atoms with Gasteiger partial charge in [-0.1, -0.05) is 0 Å². The maximum atomic E-state index is 13.3. The van der Waals surface area contributed by atoms with E-state index < -0.39 is 11.7 Å². The Labute approximate surface area is 103 Å². The van der Waals surface area contributed by atoms with Crippen LogP contribution in [-0.4, -0.2) is 11.5 Å². The zero-order valence-electron chi connectivity index (χ0n) is 9.45. The molecule has 0 amide bonds. The van der Waals surface area contributed by atoms with Gasteiger partial charge in [0.15, 0.2) is 5.84 Å². The van der Waals surface area contributed by atoms with Crippen molar-refractivity contribution in [2.45, 2.75) is 6.92 Å². The standard InChI is InChI=1S/C11H9FN6/c1-6-2-7(4-13)9(3-8(6)12)17-18-10(5-14)11(15)16/h2-3,17H,1H3,(H3,15,16)/b18-10+. The third-order valence-electron chi connectivity index (χ3n) is 2.07. The van der Waals surface area contributed by atoms with E-state index in [-0.39, 0.29) is 17.0 Å². The molecule has 1 rings (SSSR count). The van der Waals surface area contributed by atoms with Crippen LogP contribution in [0.15, 0.2) is 17.2 Å². The predicted octanol–water partition coefficient (Wildman–Crippen LogP) is 1.23. The summed E-state index contributed by atoms with van der Waals surface area (Å²) in [5.41, 5.74) is 7.70. The third-order valence-corrected chi connectivity index (χ3v) is 2.07. The molecular formula is C11H9FN6. The summed E-state index contributed by atoms with van der Waals surface area (Å²) >= 11 is 0. The molecule has 0 saturated carbocycles. The topological polar surface area (TPSA) is 122 Å². The number of hydrogen-bond donors (Lipinski definition) is 3. The van der Waals surface area contributed by atoms with E-state index in [2.05, 4.69) is 10.5 Å². The van der Waals surface area contributed by atoms with Crippen LogP contribution in [0, 0.1) is 40.8 Å². The number of nitrogens with two attached hydrogens (primary N) is 1. The molecule has 6 nitrogen and oxygen atoms in total. The number of benzene rings is 1. The van der Waals surface area contributed by atoms with Crippen molar-refractivity contribution in [2.24, 2.45) is 10.8 Å². The Morgan fingerprint density at radius 1 is 1.50 bits per heavy atom. The van der Waals surface area contributed by atoms with Crippen LogP contribution in [0.1, 0.15) is 11.1 Å². The number of nitriles is 2. The molecule has 1 aromatic rings. The first-order chi connectivity index (χ1) is 8.49. The molecular weight excluding hydrogens is 235 g/mol. The summed E-state index contributed by atoms with van der Waals surface area (Å²) in [6.07, 6.45) is 0. The number of hydrazone groups is 1. The first-order valence-corrected chi connectivity index (χ1v) is 4.78. The first kappa shape index (κ1) is 13.1. The maximum Gasteiger partial charge on any atom is 0.201 e. The van der Waals surface area contributed by atoms with Crippen LogP contribution in [0.2, 0.25) is 0 Å². The minimum Gasteiger partial charge on any atom is -0.382 e. The highest BCUT2D eigenvalue weighted by molar-refractivity contribution is 6.45. The Morgan fingerprint density at radius 2 is 2.17 bits per heavy atom. The minimum absolute atomic E-state index is 0.106. The smallest absolute Gasteiger partial charge is 0.201 e. The van der Waals surface area contributed by atoms with E-state index in [0.717, 1.165) is 6.07 Å². The third kappa shape index (κ3) is 2.80. The highest BCUT2D eigenvalue weighted by atomic mass is 19.1. The number of hydrogen-bond acceptors (Lipinski definition) is 5. The largest absolute Gasteiger partial charge is 0.382 e. The molecule has 0 radical (unpaired) electrons. The Morgan fingerprint density at radius 3 is 2.67 bits per heavy atom. The Kier molecular flexibility index (Phi) is 3.95. The highest BCUT2D eigenvalue weighted by Crippen LogP contribution is 2.19. The van der Waals surface area contributed by atoms with Gasteiger partial charge in [0, 0.05) is 6.07 Å². The molecule has 7 heteroatoms. The zero-order chi connectivity index (χ0) is 13.7. The number of nitrogens with zero attached hydrogens (tertiary/aromatic N) is 3. The van der Waals surface area contributed by atoms with E-state index in [0.29, 0.717) is 5.56 Å². The molecule has 0 bridgehead atoms. The van der Waals surface area contributed by atoms with Crippen molar-refractivity contribution in [3.63, 3.8) is 0 Å². The summed E-state index contributed by atoms with van der Waals surface area (Å²) < 4.78 is 13.3. The molecule has 0 saturated heterocycles.